The maximum Gasteiger partial charge on any atom is 0.191 e. The molecule has 1 aliphatic rings. The van der Waals surface area contributed by atoms with Crippen LogP contribution < -0.4 is 10.6 Å². The van der Waals surface area contributed by atoms with Crippen LogP contribution in [0.5, 0.6) is 0 Å². The number of halogens is 1. The summed E-state index contributed by atoms with van der Waals surface area (Å²) in [6, 6.07) is 4.29. The monoisotopic (exact) mass is 517 g/mol. The van der Waals surface area contributed by atoms with Crippen LogP contribution >= 0.6 is 35.3 Å². The Morgan fingerprint density at radius 1 is 1.32 bits per heavy atom. The summed E-state index contributed by atoms with van der Waals surface area (Å²) in [5, 5.41) is 8.06. The Morgan fingerprint density at radius 2 is 2.14 bits per heavy atom. The van der Waals surface area contributed by atoms with Crippen molar-refractivity contribution in [3.8, 4) is 0 Å². The van der Waals surface area contributed by atoms with Gasteiger partial charge in [0.2, 0.25) is 0 Å². The summed E-state index contributed by atoms with van der Waals surface area (Å²) in [6.07, 6.45) is 9.57. The average molecular weight is 517 g/mol. The molecule has 1 aliphatic heterocycles. The molecule has 0 bridgehead atoms. The Kier molecular flexibility index (Phi) is 10.3. The fraction of sp³-hybridized carbons (Fsp3) is 0.600. The predicted octanol–water partition coefficient (Wildman–Crippen LogP) is 3.85. The molecule has 0 amide bonds. The van der Waals surface area contributed by atoms with Gasteiger partial charge in [-0.15, -0.1) is 35.3 Å². The number of nitrogens with zero attached hydrogens (tertiary/aromatic N) is 3. The molecule has 0 aromatic carbocycles. The summed E-state index contributed by atoms with van der Waals surface area (Å²) in [7, 11) is 1.82. The quantitative estimate of drug-likeness (QED) is 0.317. The molecule has 1 unspecified atom stereocenters. The fourth-order valence-corrected chi connectivity index (χ4v) is 4.31. The molecule has 1 saturated heterocycles. The van der Waals surface area contributed by atoms with Gasteiger partial charge in [-0.3, -0.25) is 9.89 Å². The third kappa shape index (κ3) is 6.73. The van der Waals surface area contributed by atoms with E-state index in [0.29, 0.717) is 0 Å². The maximum absolute atomic E-state index is 5.72. The molecule has 0 saturated carbocycles. The van der Waals surface area contributed by atoms with Crippen molar-refractivity contribution in [2.45, 2.75) is 45.1 Å². The summed E-state index contributed by atoms with van der Waals surface area (Å²) in [5.41, 5.74) is 0. The van der Waals surface area contributed by atoms with Gasteiger partial charge in [0.25, 0.3) is 0 Å². The molecule has 0 radical (unpaired) electrons. The van der Waals surface area contributed by atoms with Gasteiger partial charge < -0.3 is 15.1 Å². The van der Waals surface area contributed by atoms with E-state index in [1.807, 2.05) is 19.3 Å². The Balaban J connectivity index is 0.00000280. The topological polar surface area (TPSA) is 65.7 Å². The van der Waals surface area contributed by atoms with Crippen LogP contribution in [0.1, 0.15) is 47.9 Å². The van der Waals surface area contributed by atoms with Crippen molar-refractivity contribution in [1.29, 1.82) is 0 Å². The zero-order chi connectivity index (χ0) is 18.9. The molecule has 156 valence electrons. The molecule has 0 spiro atoms. The molecular weight excluding hydrogens is 485 g/mol. The van der Waals surface area contributed by atoms with Gasteiger partial charge in [0.1, 0.15) is 5.76 Å². The van der Waals surface area contributed by atoms with Gasteiger partial charge in [0.05, 0.1) is 17.3 Å². The lowest BCUT2D eigenvalue weighted by atomic mass is 10.1. The number of guanidine groups is 1. The normalized spacial score (nSPS) is 16.4. The minimum Gasteiger partial charge on any atom is -0.468 e. The molecule has 8 heteroatoms. The van der Waals surface area contributed by atoms with Gasteiger partial charge in [-0.2, -0.15) is 0 Å². The average Bonchev–Trinajstić information content (AvgIpc) is 3.40. The van der Waals surface area contributed by atoms with Crippen LogP contribution in [0.15, 0.2) is 34.0 Å². The highest BCUT2D eigenvalue weighted by Gasteiger charge is 2.24. The van der Waals surface area contributed by atoms with Gasteiger partial charge in [-0.25, -0.2) is 4.98 Å². The second kappa shape index (κ2) is 12.4. The Bertz CT molecular complexity index is 697. The van der Waals surface area contributed by atoms with Gasteiger partial charge in [-0.05, 0) is 44.5 Å². The fourth-order valence-electron chi connectivity index (χ4n) is 3.45. The second-order valence-electron chi connectivity index (χ2n) is 6.83. The first-order valence-electron chi connectivity index (χ1n) is 9.95. The number of nitrogens with one attached hydrogen (secondary N) is 2. The summed E-state index contributed by atoms with van der Waals surface area (Å²) in [5.74, 6) is 1.85. The van der Waals surface area contributed by atoms with E-state index >= 15 is 0 Å². The first-order chi connectivity index (χ1) is 13.3. The molecule has 1 atom stereocenters. The SMILES string of the molecule is CCc1cnc(CCNC(=NC)NCC(c2ccco2)N2CCCCC2)s1.I. The lowest BCUT2D eigenvalue weighted by molar-refractivity contribution is 0.146. The van der Waals surface area contributed by atoms with Crippen LogP contribution in [-0.2, 0) is 12.8 Å². The number of rotatable bonds is 8. The maximum atomic E-state index is 5.72. The number of aryl methyl sites for hydroxylation is 1. The van der Waals surface area contributed by atoms with Gasteiger partial charge in [0.15, 0.2) is 5.96 Å². The van der Waals surface area contributed by atoms with Crippen molar-refractivity contribution >= 4 is 41.3 Å². The smallest absolute Gasteiger partial charge is 0.191 e. The highest BCUT2D eigenvalue weighted by atomic mass is 127. The van der Waals surface area contributed by atoms with Gasteiger partial charge in [-0.1, -0.05) is 13.3 Å². The predicted molar refractivity (Wildman–Crippen MR) is 127 cm³/mol. The van der Waals surface area contributed by atoms with Crippen LogP contribution in [0.3, 0.4) is 0 Å². The minimum absolute atomic E-state index is 0. The third-order valence-corrected chi connectivity index (χ3v) is 6.17. The number of likely N-dealkylation sites (tertiary alicyclic amines) is 1. The van der Waals surface area contributed by atoms with E-state index in [-0.39, 0.29) is 30.0 Å². The van der Waals surface area contributed by atoms with E-state index in [9.17, 15) is 0 Å². The standard InChI is InChI=1S/C20H31N5OS.HI/c1-3-16-14-23-19(27-16)9-10-22-20(21-2)24-15-17(18-8-7-13-26-18)25-11-5-4-6-12-25;/h7-8,13-14,17H,3-6,9-12,15H2,1-2H3,(H2,21,22,24);1H. The highest BCUT2D eigenvalue weighted by Crippen LogP contribution is 2.24. The lowest BCUT2D eigenvalue weighted by Gasteiger charge is -2.33. The van der Waals surface area contributed by atoms with E-state index in [4.69, 9.17) is 4.42 Å². The molecular formula is C20H32IN5OS. The summed E-state index contributed by atoms with van der Waals surface area (Å²) < 4.78 is 5.72. The molecule has 1 fully saturated rings. The van der Waals surface area contributed by atoms with E-state index in [1.165, 1.54) is 29.1 Å². The molecule has 3 rings (SSSR count). The van der Waals surface area contributed by atoms with E-state index in [2.05, 4.69) is 38.5 Å². The molecule has 2 aromatic rings. The van der Waals surface area contributed by atoms with Crippen LogP contribution in [0.25, 0.3) is 0 Å². The van der Waals surface area contributed by atoms with Crippen molar-refractivity contribution in [2.75, 3.05) is 33.2 Å². The molecule has 6 nitrogen and oxygen atoms in total. The van der Waals surface area contributed by atoms with E-state index in [1.54, 1.807) is 17.6 Å². The Morgan fingerprint density at radius 3 is 2.79 bits per heavy atom. The number of aromatic nitrogens is 1. The zero-order valence-corrected chi connectivity index (χ0v) is 20.0. The van der Waals surface area contributed by atoms with Crippen molar-refractivity contribution in [3.63, 3.8) is 0 Å². The summed E-state index contributed by atoms with van der Waals surface area (Å²) in [4.78, 5) is 12.7. The van der Waals surface area contributed by atoms with Crippen LogP contribution in [0.2, 0.25) is 0 Å². The lowest BCUT2D eigenvalue weighted by Crippen LogP contribution is -2.44. The van der Waals surface area contributed by atoms with Gasteiger partial charge in [0, 0.05) is 37.6 Å². The number of thiazole rings is 1. The summed E-state index contributed by atoms with van der Waals surface area (Å²) >= 11 is 1.80. The second-order valence-corrected chi connectivity index (χ2v) is 8.03. The molecule has 2 aromatic heterocycles. The first-order valence-corrected chi connectivity index (χ1v) is 10.8. The highest BCUT2D eigenvalue weighted by molar-refractivity contribution is 14.0. The number of aliphatic imine (C=N–C) groups is 1. The van der Waals surface area contributed by atoms with Crippen molar-refractivity contribution < 1.29 is 4.42 Å². The van der Waals surface area contributed by atoms with Crippen molar-refractivity contribution in [1.82, 2.24) is 20.5 Å². The number of hydrogen-bond acceptors (Lipinski definition) is 5. The van der Waals surface area contributed by atoms with Crippen LogP contribution in [-0.4, -0.2) is 49.1 Å². The number of piperidine rings is 1. The van der Waals surface area contributed by atoms with Crippen LogP contribution in [0.4, 0.5) is 0 Å². The molecule has 2 N–H and O–H groups in total. The number of hydrogen-bond donors (Lipinski definition) is 2. The largest absolute Gasteiger partial charge is 0.468 e. The molecule has 28 heavy (non-hydrogen) atoms. The Hall–Kier alpha value is -1.13. The van der Waals surface area contributed by atoms with Crippen molar-refractivity contribution in [3.05, 3.63) is 40.2 Å². The molecule has 0 aliphatic carbocycles. The number of furan rings is 1. The van der Waals surface area contributed by atoms with E-state index < -0.39 is 0 Å². The van der Waals surface area contributed by atoms with Gasteiger partial charge >= 0.3 is 0 Å². The van der Waals surface area contributed by atoms with Crippen molar-refractivity contribution in [2.24, 2.45) is 4.99 Å². The van der Waals surface area contributed by atoms with Crippen LogP contribution in [0, 0.1) is 0 Å². The third-order valence-electron chi connectivity index (χ3n) is 4.97. The Labute approximate surface area is 189 Å². The zero-order valence-electron chi connectivity index (χ0n) is 16.8. The first kappa shape index (κ1) is 23.2. The molecule has 3 heterocycles. The summed E-state index contributed by atoms with van der Waals surface area (Å²) in [6.45, 7) is 6.03. The minimum atomic E-state index is 0. The van der Waals surface area contributed by atoms with E-state index in [0.717, 1.165) is 50.7 Å².